The molecule has 31 heavy (non-hydrogen) atoms. The fourth-order valence-electron chi connectivity index (χ4n) is 7.01. The van der Waals surface area contributed by atoms with Gasteiger partial charge in [0.25, 0.3) is 0 Å². The maximum atomic E-state index is 13.0. The zero-order chi connectivity index (χ0) is 21.7. The van der Waals surface area contributed by atoms with E-state index in [4.69, 9.17) is 0 Å². The standard InChI is InChI=1S/C8H7F3S.3C6H11.Sn/c9-8(10,11)7-3-1-6(5-12)2-4-7;3*1-2-4-6-5-3-1;/h1-4,12H,5H2;3*1H,2-6H2;/q;;;;+1/p-1. The summed E-state index contributed by atoms with van der Waals surface area (Å²) < 4.78 is 42.1. The molecule has 0 atom stereocenters. The second-order valence-electron chi connectivity index (χ2n) is 10.3. The van der Waals surface area contributed by atoms with Gasteiger partial charge in [0.2, 0.25) is 0 Å². The van der Waals surface area contributed by atoms with Crippen LogP contribution >= 0.6 is 8.95 Å². The minimum absolute atomic E-state index is 0.511. The summed E-state index contributed by atoms with van der Waals surface area (Å²) >= 11 is -2.64. The summed E-state index contributed by atoms with van der Waals surface area (Å²) in [5, 5.41) is 0. The summed E-state index contributed by atoms with van der Waals surface area (Å²) in [5.41, 5.74) is 0.601. The van der Waals surface area contributed by atoms with Gasteiger partial charge < -0.3 is 0 Å². The van der Waals surface area contributed by atoms with Gasteiger partial charge in [-0.1, -0.05) is 0 Å². The molecule has 4 rings (SSSR count). The van der Waals surface area contributed by atoms with Crippen molar-refractivity contribution in [1.82, 2.24) is 0 Å². The molecule has 0 radical (unpaired) electrons. The van der Waals surface area contributed by atoms with Gasteiger partial charge in [0.05, 0.1) is 0 Å². The molecule has 174 valence electrons. The van der Waals surface area contributed by atoms with Crippen LogP contribution in [0.25, 0.3) is 0 Å². The number of halogens is 3. The maximum absolute atomic E-state index is 13.0. The van der Waals surface area contributed by atoms with E-state index < -0.39 is 28.7 Å². The van der Waals surface area contributed by atoms with E-state index >= 15 is 0 Å². The van der Waals surface area contributed by atoms with E-state index in [-0.39, 0.29) is 0 Å². The van der Waals surface area contributed by atoms with Gasteiger partial charge >= 0.3 is 195 Å². The van der Waals surface area contributed by atoms with E-state index in [1.54, 1.807) is 12.1 Å². The normalized spacial score (nSPS) is 23.2. The van der Waals surface area contributed by atoms with Crippen molar-refractivity contribution in [3.05, 3.63) is 35.4 Å². The van der Waals surface area contributed by atoms with E-state index in [0.717, 1.165) is 23.1 Å². The van der Waals surface area contributed by atoms with Crippen LogP contribution in [0.4, 0.5) is 13.2 Å². The van der Waals surface area contributed by atoms with Crippen molar-refractivity contribution in [2.24, 2.45) is 0 Å². The van der Waals surface area contributed by atoms with Crippen LogP contribution in [0.1, 0.15) is 107 Å². The van der Waals surface area contributed by atoms with E-state index in [2.05, 4.69) is 8.95 Å². The van der Waals surface area contributed by atoms with Gasteiger partial charge in [0.1, 0.15) is 0 Å². The average Bonchev–Trinajstić information content (AvgIpc) is 2.81. The van der Waals surface area contributed by atoms with Gasteiger partial charge in [-0.15, -0.1) is 0 Å². The van der Waals surface area contributed by atoms with Crippen LogP contribution in [0.2, 0.25) is 11.8 Å². The van der Waals surface area contributed by atoms with Crippen molar-refractivity contribution >= 4 is 25.9 Å². The van der Waals surface area contributed by atoms with E-state index in [1.807, 2.05) is 0 Å². The first-order chi connectivity index (χ1) is 15.0. The number of hydrogen-bond acceptors (Lipinski definition) is 1. The molecule has 3 saturated carbocycles. The van der Waals surface area contributed by atoms with Gasteiger partial charge in [-0.25, -0.2) is 0 Å². The van der Waals surface area contributed by atoms with Crippen molar-refractivity contribution in [3.63, 3.8) is 0 Å². The van der Waals surface area contributed by atoms with E-state index in [9.17, 15) is 13.2 Å². The molecule has 3 aliphatic rings. The first kappa shape index (κ1) is 24.3. The molecule has 3 fully saturated rings. The number of rotatable bonds is 6. The molecule has 0 aliphatic heterocycles. The van der Waals surface area contributed by atoms with Crippen LogP contribution in [0.3, 0.4) is 0 Å². The molecule has 0 aromatic heterocycles. The monoisotopic (exact) mass is 560 g/mol. The summed E-state index contributed by atoms with van der Waals surface area (Å²) in [6, 6.07) is 6.12. The van der Waals surface area contributed by atoms with Gasteiger partial charge in [0, 0.05) is 0 Å². The van der Waals surface area contributed by atoms with Crippen molar-refractivity contribution in [2.45, 2.75) is 120 Å². The molecule has 0 amide bonds. The Morgan fingerprint density at radius 1 is 0.645 bits per heavy atom. The van der Waals surface area contributed by atoms with Crippen molar-refractivity contribution in [3.8, 4) is 0 Å². The average molecular weight is 559 g/mol. The number of hydrogen-bond donors (Lipinski definition) is 0. The number of alkyl halides is 3. The molecule has 0 saturated heterocycles. The summed E-state index contributed by atoms with van der Waals surface area (Å²) in [5.74, 6) is 0.956. The van der Waals surface area contributed by atoms with Crippen molar-refractivity contribution in [1.29, 1.82) is 0 Å². The Morgan fingerprint density at radius 3 is 1.39 bits per heavy atom. The Labute approximate surface area is 193 Å². The Bertz CT molecular complexity index is 623. The molecule has 0 unspecified atom stereocenters. The molecule has 0 spiro atoms. The van der Waals surface area contributed by atoms with E-state index in [1.165, 1.54) is 108 Å². The van der Waals surface area contributed by atoms with Crippen LogP contribution in [0.5, 0.6) is 0 Å². The molecule has 0 N–H and O–H groups in total. The second kappa shape index (κ2) is 11.1. The Morgan fingerprint density at radius 2 is 1.03 bits per heavy atom. The summed E-state index contributed by atoms with van der Waals surface area (Å²) in [7, 11) is 2.38. The molecule has 1 aromatic carbocycles. The summed E-state index contributed by atoms with van der Waals surface area (Å²) in [6.45, 7) is 0. The Hall–Kier alpha value is 0.159. The first-order valence-corrected chi connectivity index (χ1v) is 22.2. The van der Waals surface area contributed by atoms with E-state index in [0.29, 0.717) is 0 Å². The zero-order valence-corrected chi connectivity index (χ0v) is 22.6. The quantitative estimate of drug-likeness (QED) is 0.313. The van der Waals surface area contributed by atoms with Crippen LogP contribution in [0.15, 0.2) is 24.3 Å². The Balaban J connectivity index is 1.61. The molecule has 0 heterocycles. The van der Waals surface area contributed by atoms with Gasteiger partial charge in [-0.3, -0.25) is 0 Å². The third-order valence-electron chi connectivity index (χ3n) is 8.50. The van der Waals surface area contributed by atoms with Gasteiger partial charge in [0.15, 0.2) is 0 Å². The fraction of sp³-hybridized carbons (Fsp3) is 0.769. The number of benzene rings is 1. The fourth-order valence-corrected chi connectivity index (χ4v) is 39.6. The molecule has 5 heteroatoms. The van der Waals surface area contributed by atoms with Gasteiger partial charge in [-0.05, 0) is 0 Å². The first-order valence-electron chi connectivity index (χ1n) is 12.8. The van der Waals surface area contributed by atoms with Crippen LogP contribution in [-0.4, -0.2) is 17.0 Å². The van der Waals surface area contributed by atoms with Crippen LogP contribution < -0.4 is 0 Å². The molecule has 0 bridgehead atoms. The third kappa shape index (κ3) is 5.81. The van der Waals surface area contributed by atoms with Crippen molar-refractivity contribution in [2.75, 3.05) is 0 Å². The molecule has 0 nitrogen and oxygen atoms in total. The molecule has 3 aliphatic carbocycles. The SMILES string of the molecule is FC(F)(F)c1ccc(C[S][Sn]([CH]2CCCCC2)([CH]2CCCCC2)[CH]2CCCCC2)cc1. The molecular formula is C26H39F3SSn. The topological polar surface area (TPSA) is 0 Å². The predicted octanol–water partition coefficient (Wildman–Crippen LogP) is 9.89. The summed E-state index contributed by atoms with van der Waals surface area (Å²) in [4.78, 5) is 0. The zero-order valence-electron chi connectivity index (χ0n) is 18.9. The minimum atomic E-state index is -4.24. The molecular weight excluding hydrogens is 520 g/mol. The predicted molar refractivity (Wildman–Crippen MR) is 129 cm³/mol. The Kier molecular flexibility index (Phi) is 8.66. The van der Waals surface area contributed by atoms with Gasteiger partial charge in [-0.2, -0.15) is 0 Å². The molecule has 1 aromatic rings. The van der Waals surface area contributed by atoms with Crippen LogP contribution in [0, 0.1) is 0 Å². The second-order valence-corrected chi connectivity index (χ2v) is 30.0. The van der Waals surface area contributed by atoms with Crippen molar-refractivity contribution < 1.29 is 13.2 Å². The summed E-state index contributed by atoms with van der Waals surface area (Å²) in [6.07, 6.45) is 17.3. The van der Waals surface area contributed by atoms with Crippen LogP contribution in [-0.2, 0) is 11.9 Å². The third-order valence-corrected chi connectivity index (χ3v) is 37.6.